The van der Waals surface area contributed by atoms with Crippen molar-refractivity contribution in [2.45, 2.75) is 33.2 Å². The van der Waals surface area contributed by atoms with Crippen molar-refractivity contribution in [1.82, 2.24) is 29.8 Å². The van der Waals surface area contributed by atoms with Crippen molar-refractivity contribution in [2.24, 2.45) is 5.41 Å². The van der Waals surface area contributed by atoms with Gasteiger partial charge in [0, 0.05) is 0 Å². The van der Waals surface area contributed by atoms with Crippen molar-refractivity contribution in [3.05, 3.63) is 6.20 Å². The highest BCUT2D eigenvalue weighted by molar-refractivity contribution is 7.09. The van der Waals surface area contributed by atoms with Gasteiger partial charge in [-0.25, -0.2) is 4.68 Å². The molecule has 2 aromatic rings. The van der Waals surface area contributed by atoms with E-state index in [1.807, 2.05) is 20.8 Å². The Morgan fingerprint density at radius 3 is 2.79 bits per heavy atom. The fourth-order valence-electron chi connectivity index (χ4n) is 1.76. The third kappa shape index (κ3) is 2.92. The van der Waals surface area contributed by atoms with E-state index in [9.17, 15) is 4.79 Å². The summed E-state index contributed by atoms with van der Waals surface area (Å²) in [4.78, 5) is 11.8. The standard InChI is InChI=1S/C10H14N6O2S/c1-10(2,3)7(4-8(17)18)16-9(12-13-14-16)6-5-11-15-19-6/h5,7H,4H2,1-3H3,(H,17,18). The predicted molar refractivity (Wildman–Crippen MR) is 67.5 cm³/mol. The summed E-state index contributed by atoms with van der Waals surface area (Å²) in [7, 11) is 0. The molecule has 0 aromatic carbocycles. The van der Waals surface area contributed by atoms with Crippen LogP contribution in [0.4, 0.5) is 0 Å². The summed E-state index contributed by atoms with van der Waals surface area (Å²) < 4.78 is 5.31. The molecule has 102 valence electrons. The van der Waals surface area contributed by atoms with Gasteiger partial charge in [0.2, 0.25) is 0 Å². The molecular weight excluding hydrogens is 268 g/mol. The van der Waals surface area contributed by atoms with E-state index in [-0.39, 0.29) is 17.9 Å². The van der Waals surface area contributed by atoms with Gasteiger partial charge in [0.15, 0.2) is 5.82 Å². The summed E-state index contributed by atoms with van der Waals surface area (Å²) in [6, 6.07) is -0.350. The molecule has 0 amide bonds. The zero-order valence-electron chi connectivity index (χ0n) is 10.8. The number of carboxylic acids is 1. The van der Waals surface area contributed by atoms with Crippen LogP contribution in [0.2, 0.25) is 0 Å². The number of tetrazole rings is 1. The molecule has 1 N–H and O–H groups in total. The number of aliphatic carboxylic acids is 1. The highest BCUT2D eigenvalue weighted by Crippen LogP contribution is 2.35. The van der Waals surface area contributed by atoms with Crippen LogP contribution in [-0.2, 0) is 4.79 Å². The number of carboxylic acid groups (broad SMARTS) is 1. The van der Waals surface area contributed by atoms with Crippen LogP contribution in [0.5, 0.6) is 0 Å². The van der Waals surface area contributed by atoms with E-state index >= 15 is 0 Å². The van der Waals surface area contributed by atoms with Crippen LogP contribution < -0.4 is 0 Å². The Bertz CT molecular complexity index is 559. The van der Waals surface area contributed by atoms with E-state index in [0.29, 0.717) is 10.7 Å². The van der Waals surface area contributed by atoms with Gasteiger partial charge in [-0.15, -0.1) is 10.2 Å². The first-order valence-electron chi connectivity index (χ1n) is 5.67. The maximum absolute atomic E-state index is 11.0. The molecule has 8 nitrogen and oxygen atoms in total. The molecule has 2 rings (SSSR count). The zero-order chi connectivity index (χ0) is 14.0. The van der Waals surface area contributed by atoms with Crippen molar-refractivity contribution in [2.75, 3.05) is 0 Å². The van der Waals surface area contributed by atoms with Crippen LogP contribution >= 0.6 is 11.5 Å². The van der Waals surface area contributed by atoms with E-state index in [4.69, 9.17) is 5.11 Å². The third-order valence-corrected chi connectivity index (χ3v) is 3.40. The summed E-state index contributed by atoms with van der Waals surface area (Å²) >= 11 is 1.17. The van der Waals surface area contributed by atoms with E-state index in [1.165, 1.54) is 11.5 Å². The Morgan fingerprint density at radius 1 is 1.53 bits per heavy atom. The molecule has 0 fully saturated rings. The van der Waals surface area contributed by atoms with Crippen LogP contribution in [0.15, 0.2) is 6.20 Å². The van der Waals surface area contributed by atoms with Gasteiger partial charge in [0.25, 0.3) is 0 Å². The topological polar surface area (TPSA) is 107 Å². The van der Waals surface area contributed by atoms with Gasteiger partial charge < -0.3 is 5.11 Å². The van der Waals surface area contributed by atoms with Gasteiger partial charge in [0.1, 0.15) is 4.88 Å². The number of hydrogen-bond donors (Lipinski definition) is 1. The average molecular weight is 282 g/mol. The van der Waals surface area contributed by atoms with Gasteiger partial charge in [-0.3, -0.25) is 4.79 Å². The van der Waals surface area contributed by atoms with Crippen LogP contribution in [0.3, 0.4) is 0 Å². The minimum absolute atomic E-state index is 0.0478. The minimum Gasteiger partial charge on any atom is -0.481 e. The van der Waals surface area contributed by atoms with Crippen LogP contribution in [-0.4, -0.2) is 40.9 Å². The minimum atomic E-state index is -0.885. The van der Waals surface area contributed by atoms with Crippen LogP contribution in [0.1, 0.15) is 33.2 Å². The molecule has 0 bridgehead atoms. The van der Waals surface area contributed by atoms with E-state index in [1.54, 1.807) is 10.9 Å². The summed E-state index contributed by atoms with van der Waals surface area (Å²) in [6.07, 6.45) is 1.51. The fourth-order valence-corrected chi connectivity index (χ4v) is 2.25. The quantitative estimate of drug-likeness (QED) is 0.899. The van der Waals surface area contributed by atoms with Gasteiger partial charge in [-0.1, -0.05) is 25.3 Å². The maximum atomic E-state index is 11.0. The lowest BCUT2D eigenvalue weighted by Gasteiger charge is -2.29. The first kappa shape index (κ1) is 13.5. The summed E-state index contributed by atoms with van der Waals surface area (Å²) in [5.74, 6) is -0.389. The average Bonchev–Trinajstić information content (AvgIpc) is 2.94. The Labute approximate surface area is 113 Å². The highest BCUT2D eigenvalue weighted by Gasteiger charge is 2.32. The molecule has 0 saturated carbocycles. The van der Waals surface area contributed by atoms with Crippen molar-refractivity contribution < 1.29 is 9.90 Å². The van der Waals surface area contributed by atoms with Crippen LogP contribution in [0.25, 0.3) is 10.7 Å². The number of carbonyl (C=O) groups is 1. The fraction of sp³-hybridized carbons (Fsp3) is 0.600. The van der Waals surface area contributed by atoms with Gasteiger partial charge in [-0.2, -0.15) is 0 Å². The summed E-state index contributed by atoms with van der Waals surface area (Å²) in [5.41, 5.74) is -0.291. The molecule has 1 unspecified atom stereocenters. The molecule has 0 saturated heterocycles. The second-order valence-corrected chi connectivity index (χ2v) is 5.99. The number of nitrogens with zero attached hydrogens (tertiary/aromatic N) is 6. The Hall–Kier alpha value is -1.90. The molecule has 2 aromatic heterocycles. The smallest absolute Gasteiger partial charge is 0.305 e. The normalized spacial score (nSPS) is 13.4. The predicted octanol–water partition coefficient (Wildman–Crippen LogP) is 1.25. The van der Waals surface area contributed by atoms with Crippen molar-refractivity contribution in [3.8, 4) is 10.7 Å². The molecule has 1 atom stereocenters. The van der Waals surface area contributed by atoms with Gasteiger partial charge in [0.05, 0.1) is 18.7 Å². The first-order chi connectivity index (χ1) is 8.89. The molecule has 0 spiro atoms. The maximum Gasteiger partial charge on any atom is 0.305 e. The lowest BCUT2D eigenvalue weighted by Crippen LogP contribution is -2.28. The second kappa shape index (κ2) is 5.00. The lowest BCUT2D eigenvalue weighted by molar-refractivity contribution is -0.138. The molecular formula is C10H14N6O2S. The SMILES string of the molecule is CC(C)(C)C(CC(=O)O)n1nnnc1-c1cnns1. The first-order valence-corrected chi connectivity index (χ1v) is 6.44. The Balaban J connectivity index is 2.43. The number of rotatable bonds is 4. The van der Waals surface area contributed by atoms with Crippen molar-refractivity contribution >= 4 is 17.5 Å². The Kier molecular flexibility index (Phi) is 3.56. The van der Waals surface area contributed by atoms with Crippen molar-refractivity contribution in [3.63, 3.8) is 0 Å². The van der Waals surface area contributed by atoms with Gasteiger partial charge >= 0.3 is 5.97 Å². The lowest BCUT2D eigenvalue weighted by atomic mass is 9.85. The number of hydrogen-bond acceptors (Lipinski definition) is 7. The van der Waals surface area contributed by atoms with E-state index in [2.05, 4.69) is 25.1 Å². The van der Waals surface area contributed by atoms with Gasteiger partial charge in [-0.05, 0) is 27.4 Å². The molecule has 0 radical (unpaired) electrons. The monoisotopic (exact) mass is 282 g/mol. The largest absolute Gasteiger partial charge is 0.481 e. The zero-order valence-corrected chi connectivity index (χ0v) is 11.6. The third-order valence-electron chi connectivity index (χ3n) is 2.74. The summed E-state index contributed by atoms with van der Waals surface area (Å²) in [5, 5.41) is 24.3. The summed E-state index contributed by atoms with van der Waals surface area (Å²) in [6.45, 7) is 5.87. The molecule has 0 aliphatic rings. The van der Waals surface area contributed by atoms with Crippen molar-refractivity contribution in [1.29, 1.82) is 0 Å². The number of aromatic nitrogens is 6. The van der Waals surface area contributed by atoms with E-state index < -0.39 is 5.97 Å². The Morgan fingerprint density at radius 2 is 2.26 bits per heavy atom. The molecule has 9 heteroatoms. The molecule has 19 heavy (non-hydrogen) atoms. The molecule has 2 heterocycles. The highest BCUT2D eigenvalue weighted by atomic mass is 32.1. The molecule has 0 aliphatic carbocycles. The second-order valence-electron chi connectivity index (χ2n) is 5.21. The molecule has 0 aliphatic heterocycles. The van der Waals surface area contributed by atoms with E-state index in [0.717, 1.165) is 0 Å². The van der Waals surface area contributed by atoms with Crippen LogP contribution in [0, 0.1) is 5.41 Å².